The number of hydrogen-bond donors (Lipinski definition) is 1. The summed E-state index contributed by atoms with van der Waals surface area (Å²) in [6, 6.07) is 19.7. The molecule has 0 saturated heterocycles. The van der Waals surface area contributed by atoms with Crippen LogP contribution in [0.2, 0.25) is 0 Å². The number of benzene rings is 3. The molecule has 3 aromatic carbocycles. The number of nitro benzene ring substituents is 2. The maximum Gasteiger partial charge on any atom is 0.302 e. The fourth-order valence-electron chi connectivity index (χ4n) is 2.65. The van der Waals surface area contributed by atoms with Crippen LogP contribution in [0, 0.1) is 20.2 Å². The molecule has 0 amide bonds. The van der Waals surface area contributed by atoms with Crippen molar-refractivity contribution < 1.29 is 14.6 Å². The highest BCUT2D eigenvalue weighted by atomic mass is 16.6. The molecule has 3 aromatic rings. The SMILES string of the molecule is O=Cc1cc([N+](=O)[O-])c(NN(c2ccccc2)c2ccccc2)c([N+](=O)[O-])c1. The summed E-state index contributed by atoms with van der Waals surface area (Å²) in [5.41, 5.74) is 2.38. The summed E-state index contributed by atoms with van der Waals surface area (Å²) >= 11 is 0. The number of nitrogens with zero attached hydrogens (tertiary/aromatic N) is 3. The molecule has 0 heterocycles. The maximum absolute atomic E-state index is 11.5. The number of hydrazine groups is 1. The van der Waals surface area contributed by atoms with Crippen LogP contribution in [-0.4, -0.2) is 16.1 Å². The van der Waals surface area contributed by atoms with Gasteiger partial charge in [-0.2, -0.15) is 0 Å². The number of para-hydroxylation sites is 2. The first-order chi connectivity index (χ1) is 13.5. The minimum absolute atomic E-state index is 0.157. The lowest BCUT2D eigenvalue weighted by atomic mass is 10.1. The third-order valence-electron chi connectivity index (χ3n) is 3.90. The minimum atomic E-state index is -0.767. The van der Waals surface area contributed by atoms with E-state index >= 15 is 0 Å². The number of nitrogens with one attached hydrogen (secondary N) is 1. The topological polar surface area (TPSA) is 119 Å². The van der Waals surface area contributed by atoms with Crippen LogP contribution < -0.4 is 10.4 Å². The van der Waals surface area contributed by atoms with Crippen molar-refractivity contribution in [3.8, 4) is 0 Å². The van der Waals surface area contributed by atoms with Gasteiger partial charge in [0.05, 0.1) is 21.2 Å². The zero-order chi connectivity index (χ0) is 20.1. The van der Waals surface area contributed by atoms with E-state index in [-0.39, 0.29) is 11.3 Å². The molecule has 0 saturated carbocycles. The van der Waals surface area contributed by atoms with Crippen LogP contribution >= 0.6 is 0 Å². The van der Waals surface area contributed by atoms with Crippen LogP contribution in [-0.2, 0) is 0 Å². The Kier molecular flexibility index (Phi) is 5.26. The minimum Gasteiger partial charge on any atom is -0.298 e. The molecule has 0 spiro atoms. The van der Waals surface area contributed by atoms with Crippen LogP contribution in [0.5, 0.6) is 0 Å². The number of nitro groups is 2. The van der Waals surface area contributed by atoms with Crippen molar-refractivity contribution in [1.82, 2.24) is 0 Å². The standard InChI is InChI=1S/C19H14N4O5/c24-13-14-11-17(22(25)26)19(18(12-14)23(27)28)20-21(15-7-3-1-4-8-15)16-9-5-2-6-10-16/h1-13,20H. The van der Waals surface area contributed by atoms with Gasteiger partial charge in [0.15, 0.2) is 6.29 Å². The molecular weight excluding hydrogens is 364 g/mol. The largest absolute Gasteiger partial charge is 0.302 e. The van der Waals surface area contributed by atoms with Crippen LogP contribution in [0.4, 0.5) is 28.4 Å². The van der Waals surface area contributed by atoms with Crippen molar-refractivity contribution in [3.63, 3.8) is 0 Å². The summed E-state index contributed by atoms with van der Waals surface area (Å²) in [7, 11) is 0. The van der Waals surface area contributed by atoms with Gasteiger partial charge in [-0.15, -0.1) is 0 Å². The lowest BCUT2D eigenvalue weighted by Crippen LogP contribution is -2.25. The second-order valence-corrected chi connectivity index (χ2v) is 5.68. The van der Waals surface area contributed by atoms with Crippen LogP contribution in [0.3, 0.4) is 0 Å². The summed E-state index contributed by atoms with van der Waals surface area (Å²) in [5, 5.41) is 24.6. The van der Waals surface area contributed by atoms with E-state index in [0.29, 0.717) is 17.7 Å². The summed E-state index contributed by atoms with van der Waals surface area (Å²) in [5.74, 6) is 0. The predicted octanol–water partition coefficient (Wildman–Crippen LogP) is 4.48. The number of hydrogen-bond acceptors (Lipinski definition) is 7. The molecule has 140 valence electrons. The molecule has 0 aliphatic carbocycles. The molecular formula is C19H14N4O5. The molecule has 0 radical (unpaired) electrons. The van der Waals surface area contributed by atoms with Crippen molar-refractivity contribution in [3.05, 3.63) is 98.6 Å². The van der Waals surface area contributed by atoms with E-state index in [1.165, 1.54) is 5.01 Å². The molecule has 3 rings (SSSR count). The van der Waals surface area contributed by atoms with Crippen molar-refractivity contribution in [2.45, 2.75) is 0 Å². The Hall–Kier alpha value is -4.27. The van der Waals surface area contributed by atoms with E-state index < -0.39 is 21.2 Å². The van der Waals surface area contributed by atoms with Gasteiger partial charge in [0.25, 0.3) is 0 Å². The lowest BCUT2D eigenvalue weighted by Gasteiger charge is -2.26. The molecule has 9 nitrogen and oxygen atoms in total. The molecule has 28 heavy (non-hydrogen) atoms. The Bertz CT molecular complexity index is 951. The van der Waals surface area contributed by atoms with E-state index in [4.69, 9.17) is 0 Å². The molecule has 1 N–H and O–H groups in total. The quantitative estimate of drug-likeness (QED) is 0.366. The zero-order valence-electron chi connectivity index (χ0n) is 14.4. The van der Waals surface area contributed by atoms with Crippen LogP contribution in [0.15, 0.2) is 72.8 Å². The van der Waals surface area contributed by atoms with E-state index in [9.17, 15) is 25.0 Å². The third-order valence-corrected chi connectivity index (χ3v) is 3.90. The second kappa shape index (κ2) is 7.96. The summed E-state index contributed by atoms with van der Waals surface area (Å²) in [4.78, 5) is 32.6. The van der Waals surface area contributed by atoms with Gasteiger partial charge in [-0.1, -0.05) is 36.4 Å². The van der Waals surface area contributed by atoms with E-state index in [0.717, 1.165) is 12.1 Å². The molecule has 0 unspecified atom stereocenters. The van der Waals surface area contributed by atoms with Crippen LogP contribution in [0.1, 0.15) is 10.4 Å². The number of anilines is 3. The maximum atomic E-state index is 11.5. The zero-order valence-corrected chi connectivity index (χ0v) is 14.4. The average molecular weight is 378 g/mol. The Morgan fingerprint density at radius 3 is 1.57 bits per heavy atom. The fraction of sp³-hybridized carbons (Fsp3) is 0. The average Bonchev–Trinajstić information content (AvgIpc) is 2.72. The smallest absolute Gasteiger partial charge is 0.298 e. The Morgan fingerprint density at radius 2 is 1.21 bits per heavy atom. The molecule has 9 heteroatoms. The van der Waals surface area contributed by atoms with Gasteiger partial charge in [-0.25, -0.2) is 0 Å². The molecule has 0 aromatic heterocycles. The summed E-state index contributed by atoms with van der Waals surface area (Å²) in [6.45, 7) is 0. The van der Waals surface area contributed by atoms with E-state index in [1.54, 1.807) is 60.7 Å². The van der Waals surface area contributed by atoms with E-state index in [2.05, 4.69) is 5.43 Å². The molecule has 0 bridgehead atoms. The van der Waals surface area contributed by atoms with E-state index in [1.807, 2.05) is 0 Å². The Labute approximate surface area is 159 Å². The lowest BCUT2D eigenvalue weighted by molar-refractivity contribution is -0.392. The third kappa shape index (κ3) is 3.78. The fourth-order valence-corrected chi connectivity index (χ4v) is 2.65. The second-order valence-electron chi connectivity index (χ2n) is 5.68. The number of carbonyl (C=O) groups is 1. The number of carbonyl (C=O) groups excluding carboxylic acids is 1. The highest BCUT2D eigenvalue weighted by Gasteiger charge is 2.29. The molecule has 0 fully saturated rings. The van der Waals surface area contributed by atoms with Gasteiger partial charge in [-0.05, 0) is 24.3 Å². The highest BCUT2D eigenvalue weighted by molar-refractivity contribution is 5.86. The first-order valence-electron chi connectivity index (χ1n) is 8.10. The number of aldehydes is 1. The van der Waals surface area contributed by atoms with Gasteiger partial charge in [0.2, 0.25) is 5.69 Å². The molecule has 0 aliphatic rings. The van der Waals surface area contributed by atoms with Gasteiger partial charge >= 0.3 is 11.4 Å². The van der Waals surface area contributed by atoms with Gasteiger partial charge < -0.3 is 0 Å². The van der Waals surface area contributed by atoms with Gasteiger partial charge in [-0.3, -0.25) is 35.5 Å². The van der Waals surface area contributed by atoms with Crippen molar-refractivity contribution >= 4 is 34.7 Å². The van der Waals surface area contributed by atoms with Crippen molar-refractivity contribution in [1.29, 1.82) is 0 Å². The predicted molar refractivity (Wildman–Crippen MR) is 104 cm³/mol. The normalized spacial score (nSPS) is 10.1. The summed E-state index contributed by atoms with van der Waals surface area (Å²) in [6.07, 6.45) is 0.329. The molecule has 0 atom stereocenters. The van der Waals surface area contributed by atoms with Gasteiger partial charge in [0.1, 0.15) is 0 Å². The van der Waals surface area contributed by atoms with Gasteiger partial charge in [0, 0.05) is 17.7 Å². The van der Waals surface area contributed by atoms with Crippen LogP contribution in [0.25, 0.3) is 0 Å². The Morgan fingerprint density at radius 1 is 0.786 bits per heavy atom. The highest BCUT2D eigenvalue weighted by Crippen LogP contribution is 2.38. The monoisotopic (exact) mass is 378 g/mol. The first-order valence-corrected chi connectivity index (χ1v) is 8.10. The Balaban J connectivity index is 2.19. The first kappa shape index (κ1) is 18.5. The molecule has 0 aliphatic heterocycles. The summed E-state index contributed by atoms with van der Waals surface area (Å²) < 4.78 is 0. The van der Waals surface area contributed by atoms with Crippen molar-refractivity contribution in [2.24, 2.45) is 0 Å². The number of rotatable bonds is 7. The van der Waals surface area contributed by atoms with Crippen molar-refractivity contribution in [2.75, 3.05) is 10.4 Å².